The third-order valence-corrected chi connectivity index (χ3v) is 3.51. The summed E-state index contributed by atoms with van der Waals surface area (Å²) >= 11 is 0. The molecule has 0 aliphatic carbocycles. The van der Waals surface area contributed by atoms with Gasteiger partial charge in [-0.3, -0.25) is 4.90 Å². The highest BCUT2D eigenvalue weighted by Gasteiger charge is 2.24. The molecule has 0 spiro atoms. The fraction of sp³-hybridized carbons (Fsp3) is 0.333. The molecule has 0 amide bonds. The van der Waals surface area contributed by atoms with Crippen LogP contribution < -0.4 is 0 Å². The Morgan fingerprint density at radius 2 is 1.75 bits per heavy atom. The summed E-state index contributed by atoms with van der Waals surface area (Å²) in [6.45, 7) is 5.41. The summed E-state index contributed by atoms with van der Waals surface area (Å²) in [6, 6.07) is 18.3. The van der Waals surface area contributed by atoms with Crippen LogP contribution >= 0.6 is 0 Å². The zero-order valence-electron chi connectivity index (χ0n) is 12.5. The van der Waals surface area contributed by atoms with Crippen molar-refractivity contribution in [3.8, 4) is 0 Å². The van der Waals surface area contributed by atoms with Crippen molar-refractivity contribution < 1.29 is 5.11 Å². The molecule has 2 heteroatoms. The Hall–Kier alpha value is -1.64. The van der Waals surface area contributed by atoms with Crippen LogP contribution in [0, 0.1) is 6.92 Å². The monoisotopic (exact) mass is 269 g/mol. The van der Waals surface area contributed by atoms with Crippen molar-refractivity contribution in [2.24, 2.45) is 0 Å². The zero-order chi connectivity index (χ0) is 14.6. The molecule has 1 N–H and O–H groups in total. The van der Waals surface area contributed by atoms with E-state index in [-0.39, 0.29) is 0 Å². The number of rotatable bonds is 5. The maximum absolute atomic E-state index is 10.6. The Morgan fingerprint density at radius 1 is 1.05 bits per heavy atom. The first-order valence-corrected chi connectivity index (χ1v) is 6.99. The Morgan fingerprint density at radius 3 is 2.40 bits per heavy atom. The minimum atomic E-state index is -0.833. The largest absolute Gasteiger partial charge is 0.384 e. The normalized spacial score (nSPS) is 14.2. The predicted octanol–water partition coefficient (Wildman–Crippen LogP) is 3.33. The molecule has 0 fully saturated rings. The summed E-state index contributed by atoms with van der Waals surface area (Å²) in [4.78, 5) is 2.15. The van der Waals surface area contributed by atoms with Gasteiger partial charge in [0.1, 0.15) is 0 Å². The number of nitrogens with zero attached hydrogens (tertiary/aromatic N) is 1. The standard InChI is InChI=1S/C18H23NO/c1-15-8-7-9-16(12-15)13-19(3)14-18(2,20)17-10-5-4-6-11-17/h4-12,20H,13-14H2,1-3H3. The Balaban J connectivity index is 2.02. The average molecular weight is 269 g/mol. The number of aliphatic hydroxyl groups is 1. The summed E-state index contributed by atoms with van der Waals surface area (Å²) in [5, 5.41) is 10.6. The molecule has 0 bridgehead atoms. The van der Waals surface area contributed by atoms with Crippen molar-refractivity contribution >= 4 is 0 Å². The van der Waals surface area contributed by atoms with E-state index in [0.717, 1.165) is 12.1 Å². The molecule has 20 heavy (non-hydrogen) atoms. The Labute approximate surface area is 121 Å². The molecule has 2 nitrogen and oxygen atoms in total. The lowest BCUT2D eigenvalue weighted by atomic mass is 9.95. The van der Waals surface area contributed by atoms with Crippen LogP contribution in [0.25, 0.3) is 0 Å². The second-order valence-corrected chi connectivity index (χ2v) is 5.80. The summed E-state index contributed by atoms with van der Waals surface area (Å²) in [5.41, 5.74) is 2.66. The van der Waals surface area contributed by atoms with E-state index in [2.05, 4.69) is 36.1 Å². The first-order chi connectivity index (χ1) is 9.47. The quantitative estimate of drug-likeness (QED) is 0.900. The lowest BCUT2D eigenvalue weighted by molar-refractivity contribution is 0.0214. The van der Waals surface area contributed by atoms with E-state index in [4.69, 9.17) is 0 Å². The molecule has 106 valence electrons. The molecule has 0 aliphatic heterocycles. The second-order valence-electron chi connectivity index (χ2n) is 5.80. The van der Waals surface area contributed by atoms with Crippen LogP contribution in [0.3, 0.4) is 0 Å². The maximum Gasteiger partial charge on any atom is 0.0994 e. The van der Waals surface area contributed by atoms with E-state index in [1.807, 2.05) is 44.3 Å². The van der Waals surface area contributed by atoms with Gasteiger partial charge in [0.05, 0.1) is 5.60 Å². The maximum atomic E-state index is 10.6. The van der Waals surface area contributed by atoms with Crippen molar-refractivity contribution in [1.82, 2.24) is 4.90 Å². The summed E-state index contributed by atoms with van der Waals surface area (Å²) in [7, 11) is 2.04. The summed E-state index contributed by atoms with van der Waals surface area (Å²) in [5.74, 6) is 0. The molecule has 2 aromatic carbocycles. The minimum absolute atomic E-state index is 0.602. The van der Waals surface area contributed by atoms with E-state index in [1.165, 1.54) is 11.1 Å². The molecule has 0 heterocycles. The molecule has 1 atom stereocenters. The van der Waals surface area contributed by atoms with Gasteiger partial charge in [-0.1, -0.05) is 60.2 Å². The van der Waals surface area contributed by atoms with Crippen LogP contribution in [-0.2, 0) is 12.1 Å². The van der Waals surface area contributed by atoms with E-state index >= 15 is 0 Å². The van der Waals surface area contributed by atoms with Gasteiger partial charge in [-0.2, -0.15) is 0 Å². The van der Waals surface area contributed by atoms with Crippen LogP contribution in [0.4, 0.5) is 0 Å². The third kappa shape index (κ3) is 3.92. The smallest absolute Gasteiger partial charge is 0.0994 e. The van der Waals surface area contributed by atoms with Crippen molar-refractivity contribution in [2.75, 3.05) is 13.6 Å². The molecule has 2 rings (SSSR count). The lowest BCUT2D eigenvalue weighted by Gasteiger charge is -2.29. The number of hydrogen-bond acceptors (Lipinski definition) is 2. The number of hydrogen-bond donors (Lipinski definition) is 1. The fourth-order valence-electron chi connectivity index (χ4n) is 2.59. The molecular weight excluding hydrogens is 246 g/mol. The topological polar surface area (TPSA) is 23.5 Å². The Kier molecular flexibility index (Phi) is 4.58. The van der Waals surface area contributed by atoms with Crippen LogP contribution in [0.1, 0.15) is 23.6 Å². The SMILES string of the molecule is Cc1cccc(CN(C)CC(C)(O)c2ccccc2)c1. The molecule has 2 aromatic rings. The van der Waals surface area contributed by atoms with E-state index in [9.17, 15) is 5.11 Å². The van der Waals surface area contributed by atoms with Gasteiger partial charge < -0.3 is 5.11 Å². The van der Waals surface area contributed by atoms with Gasteiger partial charge in [0.2, 0.25) is 0 Å². The predicted molar refractivity (Wildman–Crippen MR) is 83.5 cm³/mol. The van der Waals surface area contributed by atoms with E-state index < -0.39 is 5.60 Å². The Bertz CT molecular complexity index is 548. The molecule has 0 radical (unpaired) electrons. The average Bonchev–Trinajstić information content (AvgIpc) is 2.39. The van der Waals surface area contributed by atoms with Crippen LogP contribution in [0.2, 0.25) is 0 Å². The fourth-order valence-corrected chi connectivity index (χ4v) is 2.59. The minimum Gasteiger partial charge on any atom is -0.384 e. The highest BCUT2D eigenvalue weighted by atomic mass is 16.3. The van der Waals surface area contributed by atoms with Crippen LogP contribution in [-0.4, -0.2) is 23.6 Å². The first kappa shape index (κ1) is 14.8. The number of likely N-dealkylation sites (N-methyl/N-ethyl adjacent to an activating group) is 1. The van der Waals surface area contributed by atoms with Gasteiger partial charge in [-0.15, -0.1) is 0 Å². The molecule has 0 saturated carbocycles. The lowest BCUT2D eigenvalue weighted by Crippen LogP contribution is -2.36. The van der Waals surface area contributed by atoms with Crippen LogP contribution in [0.5, 0.6) is 0 Å². The van der Waals surface area contributed by atoms with Gasteiger partial charge in [-0.25, -0.2) is 0 Å². The van der Waals surface area contributed by atoms with Gasteiger partial charge in [0, 0.05) is 13.1 Å². The second kappa shape index (κ2) is 6.21. The number of aryl methyl sites for hydroxylation is 1. The molecule has 0 saturated heterocycles. The highest BCUT2D eigenvalue weighted by Crippen LogP contribution is 2.21. The van der Waals surface area contributed by atoms with Gasteiger partial charge in [0.25, 0.3) is 0 Å². The molecular formula is C18H23NO. The van der Waals surface area contributed by atoms with Gasteiger partial charge in [-0.05, 0) is 32.0 Å². The first-order valence-electron chi connectivity index (χ1n) is 6.99. The third-order valence-electron chi connectivity index (χ3n) is 3.51. The zero-order valence-corrected chi connectivity index (χ0v) is 12.5. The highest BCUT2D eigenvalue weighted by molar-refractivity contribution is 5.23. The van der Waals surface area contributed by atoms with Crippen molar-refractivity contribution in [2.45, 2.75) is 26.0 Å². The van der Waals surface area contributed by atoms with Crippen molar-refractivity contribution in [3.05, 3.63) is 71.3 Å². The van der Waals surface area contributed by atoms with Crippen molar-refractivity contribution in [3.63, 3.8) is 0 Å². The van der Waals surface area contributed by atoms with Gasteiger partial charge >= 0.3 is 0 Å². The van der Waals surface area contributed by atoms with Gasteiger partial charge in [0.15, 0.2) is 0 Å². The number of benzene rings is 2. The van der Waals surface area contributed by atoms with E-state index in [0.29, 0.717) is 6.54 Å². The van der Waals surface area contributed by atoms with E-state index in [1.54, 1.807) is 0 Å². The summed E-state index contributed by atoms with van der Waals surface area (Å²) in [6.07, 6.45) is 0. The summed E-state index contributed by atoms with van der Waals surface area (Å²) < 4.78 is 0. The molecule has 0 aromatic heterocycles. The molecule has 0 aliphatic rings. The molecule has 1 unspecified atom stereocenters. The van der Waals surface area contributed by atoms with Crippen molar-refractivity contribution in [1.29, 1.82) is 0 Å². The van der Waals surface area contributed by atoms with Crippen LogP contribution in [0.15, 0.2) is 54.6 Å².